The molecular formula is C34H47NO9. The molecule has 0 saturated carbocycles. The van der Waals surface area contributed by atoms with Crippen LogP contribution in [0.3, 0.4) is 0 Å². The van der Waals surface area contributed by atoms with E-state index in [1.165, 1.54) is 19.2 Å². The average molecular weight is 614 g/mol. The molecular weight excluding hydrogens is 566 g/mol. The lowest BCUT2D eigenvalue weighted by Gasteiger charge is -2.38. The maximum absolute atomic E-state index is 12.5. The van der Waals surface area contributed by atoms with Crippen LogP contribution in [0, 0.1) is 11.8 Å². The van der Waals surface area contributed by atoms with Crippen molar-refractivity contribution in [1.29, 1.82) is 0 Å². The van der Waals surface area contributed by atoms with E-state index in [2.05, 4.69) is 26.8 Å². The van der Waals surface area contributed by atoms with Gasteiger partial charge in [-0.1, -0.05) is 87.1 Å². The summed E-state index contributed by atoms with van der Waals surface area (Å²) in [6.45, 7) is 9.97. The minimum Gasteiger partial charge on any atom is -0.507 e. The van der Waals surface area contributed by atoms with Gasteiger partial charge in [-0.05, 0) is 32.3 Å². The minimum atomic E-state index is -1.06. The van der Waals surface area contributed by atoms with Crippen molar-refractivity contribution in [3.05, 3.63) is 83.7 Å². The van der Waals surface area contributed by atoms with Crippen LogP contribution in [0.1, 0.15) is 53.9 Å². The molecule has 2 aliphatic heterocycles. The van der Waals surface area contributed by atoms with Gasteiger partial charge in [0.2, 0.25) is 0 Å². The summed E-state index contributed by atoms with van der Waals surface area (Å²) in [5.41, 5.74) is 0.726. The number of amides is 1. The molecule has 2 aliphatic rings. The fraction of sp³-hybridized carbons (Fsp3) is 0.500. The molecule has 7 atom stereocenters. The second kappa shape index (κ2) is 17.7. The number of hydrogen-bond donors (Lipinski definition) is 4. The highest BCUT2D eigenvalue weighted by Gasteiger charge is 2.42. The van der Waals surface area contributed by atoms with Gasteiger partial charge in [-0.2, -0.15) is 0 Å². The number of carbonyl (C=O) groups excluding carboxylic acids is 2. The zero-order chi connectivity index (χ0) is 33.0. The maximum atomic E-state index is 12.5. The van der Waals surface area contributed by atoms with Gasteiger partial charge in [-0.25, -0.2) is 0 Å². The van der Waals surface area contributed by atoms with Gasteiger partial charge < -0.3 is 34.8 Å². The van der Waals surface area contributed by atoms with Crippen molar-refractivity contribution in [1.82, 2.24) is 4.90 Å². The van der Waals surface area contributed by atoms with E-state index >= 15 is 0 Å². The summed E-state index contributed by atoms with van der Waals surface area (Å²) < 4.78 is 12.0. The van der Waals surface area contributed by atoms with Crippen LogP contribution in [0.25, 0.3) is 0 Å². The monoisotopic (exact) mass is 613 g/mol. The Kier molecular flexibility index (Phi) is 14.7. The number of aliphatic hydroxyl groups is 3. The van der Waals surface area contributed by atoms with Gasteiger partial charge >= 0.3 is 5.97 Å². The van der Waals surface area contributed by atoms with Crippen LogP contribution in [0.4, 0.5) is 0 Å². The third-order valence-corrected chi connectivity index (χ3v) is 7.52. The Morgan fingerprint density at radius 2 is 1.57 bits per heavy atom. The molecule has 2 heterocycles. The average Bonchev–Trinajstić information content (AvgIpc) is 3.16. The Hall–Kier alpha value is -3.57. The lowest BCUT2D eigenvalue weighted by atomic mass is 9.92. The fourth-order valence-electron chi connectivity index (χ4n) is 5.15. The summed E-state index contributed by atoms with van der Waals surface area (Å²) in [6.07, 6.45) is 16.4. The number of likely N-dealkylation sites (N-methyl/N-ethyl adjacent to an activating group) is 1. The normalized spacial score (nSPS) is 28.2. The molecule has 1 amide bonds. The van der Waals surface area contributed by atoms with E-state index in [1.807, 2.05) is 37.3 Å². The van der Waals surface area contributed by atoms with Gasteiger partial charge in [-0.3, -0.25) is 14.4 Å². The van der Waals surface area contributed by atoms with Crippen LogP contribution < -0.4 is 0 Å². The number of aliphatic carboxylic acids is 1. The van der Waals surface area contributed by atoms with Gasteiger partial charge in [0.1, 0.15) is 17.4 Å². The minimum absolute atomic E-state index is 0.0119. The molecule has 0 aromatic rings. The van der Waals surface area contributed by atoms with Crippen LogP contribution in [0.5, 0.6) is 0 Å². The molecule has 0 radical (unpaired) electrons. The molecule has 2 rings (SSSR count). The van der Waals surface area contributed by atoms with E-state index in [4.69, 9.17) is 14.6 Å². The molecule has 0 aromatic carbocycles. The first kappa shape index (κ1) is 36.6. The van der Waals surface area contributed by atoms with Crippen LogP contribution in [-0.2, 0) is 23.9 Å². The largest absolute Gasteiger partial charge is 0.507 e. The number of allylic oxidation sites excluding steroid dienone is 11. The third-order valence-electron chi connectivity index (χ3n) is 7.52. The topological polar surface area (TPSA) is 154 Å². The third kappa shape index (κ3) is 10.9. The van der Waals surface area contributed by atoms with Crippen molar-refractivity contribution in [2.75, 3.05) is 7.05 Å². The molecule has 0 spiro atoms. The second-order valence-corrected chi connectivity index (χ2v) is 11.5. The summed E-state index contributed by atoms with van der Waals surface area (Å²) in [5, 5.41) is 39.1. The standard InChI is InChI=1S/C34H47NO9/c1-21(2)33(44-29-20-27(37)31(40)24(5)43-29)23(4)19-22(3)15-13-11-9-7-8-10-12-14-16-26(36)30-32(41)25(17-18-28(38)39)35(6)34(30)42/h7-16,19,21,23-25,27,29,31,33,36-37,40H,17-18,20H2,1-6H3,(H,38,39)/b8-7+,11-9+,12-10+,15-13+,16-14+,22-19+,30-26+. The lowest BCUT2D eigenvalue weighted by molar-refractivity contribution is -0.267. The van der Waals surface area contributed by atoms with E-state index in [1.54, 1.807) is 25.2 Å². The van der Waals surface area contributed by atoms with Crippen LogP contribution >= 0.6 is 0 Å². The molecule has 44 heavy (non-hydrogen) atoms. The second-order valence-electron chi connectivity index (χ2n) is 11.5. The van der Waals surface area contributed by atoms with E-state index < -0.39 is 54.1 Å². The van der Waals surface area contributed by atoms with Crippen molar-refractivity contribution in [2.45, 2.75) is 90.6 Å². The summed E-state index contributed by atoms with van der Waals surface area (Å²) in [7, 11) is 1.41. The molecule has 0 aromatic heterocycles. The smallest absolute Gasteiger partial charge is 0.303 e. The van der Waals surface area contributed by atoms with E-state index in [0.29, 0.717) is 0 Å². The van der Waals surface area contributed by atoms with E-state index in [0.717, 1.165) is 10.5 Å². The van der Waals surface area contributed by atoms with Crippen molar-refractivity contribution in [3.8, 4) is 0 Å². The van der Waals surface area contributed by atoms with E-state index in [-0.39, 0.29) is 42.8 Å². The first-order chi connectivity index (χ1) is 20.7. The Morgan fingerprint density at radius 1 is 1.00 bits per heavy atom. The number of likely N-dealkylation sites (tertiary alicyclic amines) is 1. The molecule has 4 N–H and O–H groups in total. The highest BCUT2D eigenvalue weighted by Crippen LogP contribution is 2.28. The summed E-state index contributed by atoms with van der Waals surface area (Å²) >= 11 is 0. The van der Waals surface area contributed by atoms with Gasteiger partial charge in [0, 0.05) is 25.8 Å². The zero-order valence-electron chi connectivity index (χ0n) is 26.4. The van der Waals surface area contributed by atoms with Crippen molar-refractivity contribution >= 4 is 17.7 Å². The number of carbonyl (C=O) groups is 3. The lowest BCUT2D eigenvalue weighted by Crippen LogP contribution is -2.49. The number of carboxylic acids is 1. The molecule has 10 heteroatoms. The van der Waals surface area contributed by atoms with Crippen LogP contribution in [0.2, 0.25) is 0 Å². The number of ketones is 1. The highest BCUT2D eigenvalue weighted by atomic mass is 16.7. The first-order valence-electron chi connectivity index (χ1n) is 14.9. The van der Waals surface area contributed by atoms with Crippen LogP contribution in [-0.4, -0.2) is 86.8 Å². The quantitative estimate of drug-likeness (QED) is 0.0970. The molecule has 0 bridgehead atoms. The van der Waals surface area contributed by atoms with E-state index in [9.17, 15) is 29.7 Å². The number of ether oxygens (including phenoxy) is 2. The number of carboxylic acid groups (broad SMARTS) is 1. The molecule has 7 unspecified atom stereocenters. The Morgan fingerprint density at radius 3 is 2.11 bits per heavy atom. The van der Waals surface area contributed by atoms with Crippen LogP contribution in [0.15, 0.2) is 83.7 Å². The first-order valence-corrected chi connectivity index (χ1v) is 14.9. The maximum Gasteiger partial charge on any atom is 0.303 e. The molecule has 2 fully saturated rings. The summed E-state index contributed by atoms with van der Waals surface area (Å²) in [5.74, 6) is -2.43. The fourth-order valence-corrected chi connectivity index (χ4v) is 5.15. The molecule has 2 saturated heterocycles. The SMILES string of the molecule is CC(/C=C/C=C/C=C/C=C/C=C/C(O)=C1/C(=O)C(CCC(=O)O)N(C)C1=O)=C\C(C)C(OC1CC(O)C(O)C(C)O1)C(C)C. The molecule has 0 aliphatic carbocycles. The Bertz CT molecular complexity index is 1210. The number of Topliss-reactive ketones (excluding diaryl/α,β-unsaturated/α-hetero) is 1. The predicted molar refractivity (Wildman–Crippen MR) is 167 cm³/mol. The predicted octanol–water partition coefficient (Wildman–Crippen LogP) is 4.33. The van der Waals surface area contributed by atoms with Crippen molar-refractivity contribution in [2.24, 2.45) is 11.8 Å². The summed E-state index contributed by atoms with van der Waals surface area (Å²) in [4.78, 5) is 36.9. The Balaban J connectivity index is 1.87. The number of aliphatic hydroxyl groups excluding tert-OH is 3. The van der Waals surface area contributed by atoms with Gasteiger partial charge in [0.15, 0.2) is 12.1 Å². The Labute approximate surface area is 260 Å². The number of hydrogen-bond acceptors (Lipinski definition) is 8. The molecule has 242 valence electrons. The highest BCUT2D eigenvalue weighted by molar-refractivity contribution is 6.27. The zero-order valence-corrected chi connectivity index (χ0v) is 26.4. The van der Waals surface area contributed by atoms with Gasteiger partial charge in [0.05, 0.1) is 24.4 Å². The van der Waals surface area contributed by atoms with Crippen molar-refractivity contribution < 1.29 is 44.3 Å². The number of rotatable bonds is 14. The summed E-state index contributed by atoms with van der Waals surface area (Å²) in [6, 6.07) is -0.894. The number of nitrogens with zero attached hydrogens (tertiary/aromatic N) is 1. The molecule has 10 nitrogen and oxygen atoms in total. The van der Waals surface area contributed by atoms with Gasteiger partial charge in [0.25, 0.3) is 5.91 Å². The van der Waals surface area contributed by atoms with Gasteiger partial charge in [-0.15, -0.1) is 0 Å². The van der Waals surface area contributed by atoms with Crippen molar-refractivity contribution in [3.63, 3.8) is 0 Å².